The number of thioether (sulfide) groups is 1. The van der Waals surface area contributed by atoms with Gasteiger partial charge in [0.1, 0.15) is 11.1 Å². The summed E-state index contributed by atoms with van der Waals surface area (Å²) in [4.78, 5) is 14.6. The average molecular weight is 438 g/mol. The van der Waals surface area contributed by atoms with Crippen LogP contribution in [0.15, 0.2) is 46.9 Å². The zero-order valence-electron chi connectivity index (χ0n) is 14.6. The first kappa shape index (κ1) is 18.9. The number of carbonyl (C=O) groups is 1. The number of carbonyl (C=O) groups excluding carboxylic acids is 1. The summed E-state index contributed by atoms with van der Waals surface area (Å²) in [5, 5.41) is -0.0222. The second kappa shape index (κ2) is 8.68. The third-order valence-corrected chi connectivity index (χ3v) is 5.97. The maximum Gasteiger partial charge on any atom is 0.261 e. The van der Waals surface area contributed by atoms with E-state index in [1.54, 1.807) is 32.0 Å². The summed E-state index contributed by atoms with van der Waals surface area (Å²) in [7, 11) is 3.22. The molecule has 1 amide bonds. The molecule has 7 heteroatoms. The van der Waals surface area contributed by atoms with Crippen molar-refractivity contribution in [1.29, 1.82) is 0 Å². The lowest BCUT2D eigenvalue weighted by atomic mass is 10.2. The molecule has 2 aromatic rings. The van der Waals surface area contributed by atoms with Crippen LogP contribution in [0.2, 0.25) is 0 Å². The van der Waals surface area contributed by atoms with E-state index < -0.39 is 0 Å². The summed E-state index contributed by atoms with van der Waals surface area (Å²) < 4.78 is 17.1. The third kappa shape index (κ3) is 4.10. The van der Waals surface area contributed by atoms with Crippen LogP contribution in [-0.2, 0) is 4.79 Å². The number of ether oxygens (including phenoxy) is 3. The van der Waals surface area contributed by atoms with E-state index in [4.69, 9.17) is 14.2 Å². The van der Waals surface area contributed by atoms with Crippen LogP contribution in [0.25, 0.3) is 0 Å². The molecule has 1 heterocycles. The van der Waals surface area contributed by atoms with E-state index in [2.05, 4.69) is 15.9 Å². The van der Waals surface area contributed by atoms with Gasteiger partial charge in [-0.15, -0.1) is 11.8 Å². The average Bonchev–Trinajstić information content (AvgIpc) is 3.16. The van der Waals surface area contributed by atoms with E-state index in [0.717, 1.165) is 21.5 Å². The molecule has 1 fully saturated rings. The first-order chi connectivity index (χ1) is 12.6. The van der Waals surface area contributed by atoms with Crippen LogP contribution in [0.4, 0.5) is 0 Å². The molecule has 26 heavy (non-hydrogen) atoms. The fourth-order valence-electron chi connectivity index (χ4n) is 2.80. The molecule has 1 saturated heterocycles. The van der Waals surface area contributed by atoms with Gasteiger partial charge in [-0.25, -0.2) is 0 Å². The lowest BCUT2D eigenvalue weighted by Crippen LogP contribution is -2.34. The van der Waals surface area contributed by atoms with Gasteiger partial charge in [-0.1, -0.05) is 18.2 Å². The highest BCUT2D eigenvalue weighted by atomic mass is 79.9. The molecule has 0 saturated carbocycles. The number of nitrogens with zero attached hydrogens (tertiary/aromatic N) is 1. The van der Waals surface area contributed by atoms with Crippen LogP contribution in [0.5, 0.6) is 17.2 Å². The zero-order chi connectivity index (χ0) is 18.5. The minimum atomic E-state index is -0.0437. The summed E-state index contributed by atoms with van der Waals surface area (Å²) in [6, 6.07) is 13.2. The molecular weight excluding hydrogens is 418 g/mol. The molecule has 1 aliphatic rings. The number of hydrogen-bond acceptors (Lipinski definition) is 5. The minimum absolute atomic E-state index is 0.0191. The predicted octanol–water partition coefficient (Wildman–Crippen LogP) is 4.12. The van der Waals surface area contributed by atoms with Crippen LogP contribution < -0.4 is 14.2 Å². The quantitative estimate of drug-likeness (QED) is 0.679. The molecule has 0 bridgehead atoms. The van der Waals surface area contributed by atoms with Gasteiger partial charge >= 0.3 is 0 Å². The molecule has 0 N–H and O–H groups in total. The highest BCUT2D eigenvalue weighted by Crippen LogP contribution is 2.40. The van der Waals surface area contributed by atoms with Crippen LogP contribution >= 0.6 is 27.7 Å². The SMILES string of the molecule is COc1ccc([C@H]2SCCN2C(=O)COc2ccccc2OC)cc1Br. The standard InChI is InChI=1S/C19H20BrNO4S/c1-23-15-8-7-13(11-14(15)20)19-21(9-10-26-19)18(22)12-25-17-6-4-3-5-16(17)24-2/h3-8,11,19H,9-10,12H2,1-2H3/t19-/m1/s1. The third-order valence-electron chi connectivity index (χ3n) is 4.09. The Hall–Kier alpha value is -1.86. The Kier molecular flexibility index (Phi) is 6.32. The smallest absolute Gasteiger partial charge is 0.261 e. The summed E-state index contributed by atoms with van der Waals surface area (Å²) in [5.74, 6) is 2.81. The topological polar surface area (TPSA) is 48.0 Å². The highest BCUT2D eigenvalue weighted by molar-refractivity contribution is 9.10. The van der Waals surface area contributed by atoms with E-state index in [1.807, 2.05) is 41.3 Å². The molecule has 0 unspecified atom stereocenters. The molecule has 0 spiro atoms. The van der Waals surface area contributed by atoms with Gasteiger partial charge < -0.3 is 19.1 Å². The predicted molar refractivity (Wildman–Crippen MR) is 106 cm³/mol. The number of rotatable bonds is 6. The first-order valence-electron chi connectivity index (χ1n) is 8.14. The van der Waals surface area contributed by atoms with Crippen LogP contribution in [0.3, 0.4) is 0 Å². The maximum atomic E-state index is 12.7. The van der Waals surface area contributed by atoms with Gasteiger partial charge in [0.2, 0.25) is 0 Å². The molecule has 2 aromatic carbocycles. The number of amides is 1. The number of benzene rings is 2. The highest BCUT2D eigenvalue weighted by Gasteiger charge is 2.31. The summed E-state index contributed by atoms with van der Waals surface area (Å²) in [5.41, 5.74) is 1.06. The van der Waals surface area contributed by atoms with Crippen LogP contribution in [-0.4, -0.2) is 43.9 Å². The first-order valence-corrected chi connectivity index (χ1v) is 9.98. The number of methoxy groups -OCH3 is 2. The lowest BCUT2D eigenvalue weighted by Gasteiger charge is -2.24. The van der Waals surface area contributed by atoms with Gasteiger partial charge in [-0.2, -0.15) is 0 Å². The Morgan fingerprint density at radius 3 is 2.58 bits per heavy atom. The number of hydrogen-bond donors (Lipinski definition) is 0. The van der Waals surface area contributed by atoms with Gasteiger partial charge in [0.25, 0.3) is 5.91 Å². The van der Waals surface area contributed by atoms with Crippen molar-refractivity contribution in [3.63, 3.8) is 0 Å². The van der Waals surface area contributed by atoms with Gasteiger partial charge in [0.05, 0.1) is 18.7 Å². The summed E-state index contributed by atoms with van der Waals surface area (Å²) in [6.45, 7) is 0.682. The van der Waals surface area contributed by atoms with Crippen LogP contribution in [0.1, 0.15) is 10.9 Å². The van der Waals surface area contributed by atoms with E-state index in [9.17, 15) is 4.79 Å². The van der Waals surface area contributed by atoms with Crippen molar-refractivity contribution in [3.05, 3.63) is 52.5 Å². The van der Waals surface area contributed by atoms with E-state index in [0.29, 0.717) is 18.0 Å². The molecule has 0 radical (unpaired) electrons. The van der Waals surface area contributed by atoms with E-state index in [1.165, 1.54) is 0 Å². The van der Waals surface area contributed by atoms with Gasteiger partial charge in [0.15, 0.2) is 18.1 Å². The zero-order valence-corrected chi connectivity index (χ0v) is 17.0. The van der Waals surface area contributed by atoms with Crippen molar-refractivity contribution < 1.29 is 19.0 Å². The summed E-state index contributed by atoms with van der Waals surface area (Å²) >= 11 is 5.26. The fraction of sp³-hybridized carbons (Fsp3) is 0.316. The number of para-hydroxylation sites is 2. The molecule has 1 atom stereocenters. The molecular formula is C19H20BrNO4S. The Balaban J connectivity index is 1.69. The normalized spacial score (nSPS) is 16.4. The Morgan fingerprint density at radius 2 is 1.88 bits per heavy atom. The largest absolute Gasteiger partial charge is 0.496 e. The molecule has 0 aromatic heterocycles. The van der Waals surface area contributed by atoms with Crippen LogP contribution in [0, 0.1) is 0 Å². The molecule has 5 nitrogen and oxygen atoms in total. The van der Waals surface area contributed by atoms with E-state index in [-0.39, 0.29) is 17.9 Å². The Morgan fingerprint density at radius 1 is 1.15 bits per heavy atom. The fourth-order valence-corrected chi connectivity index (χ4v) is 4.62. The van der Waals surface area contributed by atoms with Crippen molar-refractivity contribution in [2.45, 2.75) is 5.37 Å². The van der Waals surface area contributed by atoms with Gasteiger partial charge in [-0.05, 0) is 45.8 Å². The molecule has 1 aliphatic heterocycles. The van der Waals surface area contributed by atoms with E-state index >= 15 is 0 Å². The molecule has 3 rings (SSSR count). The van der Waals surface area contributed by atoms with Crippen molar-refractivity contribution >= 4 is 33.6 Å². The van der Waals surface area contributed by atoms with Gasteiger partial charge in [0, 0.05) is 12.3 Å². The van der Waals surface area contributed by atoms with Crippen molar-refractivity contribution in [1.82, 2.24) is 4.90 Å². The maximum absolute atomic E-state index is 12.7. The number of halogens is 1. The second-order valence-corrected chi connectivity index (χ2v) is 7.69. The van der Waals surface area contributed by atoms with Gasteiger partial charge in [-0.3, -0.25) is 4.79 Å². The Labute approximate surface area is 165 Å². The van der Waals surface area contributed by atoms with Crippen molar-refractivity contribution in [2.24, 2.45) is 0 Å². The molecule has 138 valence electrons. The molecule has 0 aliphatic carbocycles. The summed E-state index contributed by atoms with van der Waals surface area (Å²) in [6.07, 6.45) is 0. The lowest BCUT2D eigenvalue weighted by molar-refractivity contribution is -0.133. The van der Waals surface area contributed by atoms with Crippen molar-refractivity contribution in [2.75, 3.05) is 33.1 Å². The second-order valence-electron chi connectivity index (χ2n) is 5.64. The Bertz CT molecular complexity index is 786. The monoisotopic (exact) mass is 437 g/mol. The van der Waals surface area contributed by atoms with Crippen molar-refractivity contribution in [3.8, 4) is 17.2 Å². The minimum Gasteiger partial charge on any atom is -0.496 e.